The fourth-order valence-corrected chi connectivity index (χ4v) is 4.28. The Morgan fingerprint density at radius 3 is 2.16 bits per heavy atom. The lowest BCUT2D eigenvalue weighted by Gasteiger charge is -2.13. The first-order valence-corrected chi connectivity index (χ1v) is 8.10. The largest absolute Gasteiger partial charge is 0.398 e. The molecular formula is C13H16N2O2S2. The average molecular weight is 296 g/mol. The number of aryl methyl sites for hydroxylation is 3. The summed E-state index contributed by atoms with van der Waals surface area (Å²) in [7, 11) is -3.56. The van der Waals surface area contributed by atoms with Crippen LogP contribution in [0.25, 0.3) is 0 Å². The second-order valence-corrected chi connectivity index (χ2v) is 7.40. The van der Waals surface area contributed by atoms with E-state index in [1.807, 2.05) is 32.9 Å². The first-order valence-electron chi connectivity index (χ1n) is 5.74. The smallest absolute Gasteiger partial charge is 0.271 e. The Morgan fingerprint density at radius 1 is 1.11 bits per heavy atom. The van der Waals surface area contributed by atoms with Crippen LogP contribution in [-0.2, 0) is 10.0 Å². The minimum absolute atomic E-state index is 0.226. The van der Waals surface area contributed by atoms with Gasteiger partial charge in [0.2, 0.25) is 0 Å². The summed E-state index contributed by atoms with van der Waals surface area (Å²) in [6, 6.07) is 5.37. The van der Waals surface area contributed by atoms with Crippen molar-refractivity contribution in [2.45, 2.75) is 25.0 Å². The van der Waals surface area contributed by atoms with E-state index in [2.05, 4.69) is 4.72 Å². The zero-order valence-corrected chi connectivity index (χ0v) is 12.7. The van der Waals surface area contributed by atoms with Crippen LogP contribution in [0.2, 0.25) is 0 Å². The van der Waals surface area contributed by atoms with Gasteiger partial charge in [-0.25, -0.2) is 8.42 Å². The maximum absolute atomic E-state index is 12.2. The highest BCUT2D eigenvalue weighted by atomic mass is 32.2. The van der Waals surface area contributed by atoms with Gasteiger partial charge in [0.1, 0.15) is 4.21 Å². The van der Waals surface area contributed by atoms with E-state index in [1.165, 1.54) is 6.07 Å². The molecule has 0 aliphatic rings. The molecule has 1 aromatic carbocycles. The molecule has 4 nitrogen and oxygen atoms in total. The number of rotatable bonds is 3. The minimum Gasteiger partial charge on any atom is -0.398 e. The number of nitrogens with one attached hydrogen (secondary N) is 1. The third-order valence-electron chi connectivity index (χ3n) is 2.77. The molecule has 0 aliphatic carbocycles. The van der Waals surface area contributed by atoms with E-state index in [0.29, 0.717) is 11.4 Å². The molecule has 1 aromatic heterocycles. The molecule has 0 spiro atoms. The van der Waals surface area contributed by atoms with Gasteiger partial charge < -0.3 is 5.73 Å². The van der Waals surface area contributed by atoms with Crippen molar-refractivity contribution in [3.05, 3.63) is 40.3 Å². The highest BCUT2D eigenvalue weighted by molar-refractivity contribution is 7.94. The van der Waals surface area contributed by atoms with Gasteiger partial charge in [0.25, 0.3) is 10.0 Å². The van der Waals surface area contributed by atoms with Crippen molar-refractivity contribution in [1.82, 2.24) is 0 Å². The molecule has 1 heterocycles. The number of anilines is 2. The topological polar surface area (TPSA) is 72.2 Å². The molecule has 19 heavy (non-hydrogen) atoms. The molecule has 0 amide bonds. The Balaban J connectivity index is 2.41. The minimum atomic E-state index is -3.56. The summed E-state index contributed by atoms with van der Waals surface area (Å²) in [5.41, 5.74) is 9.59. The van der Waals surface area contributed by atoms with Crippen LogP contribution < -0.4 is 10.5 Å². The normalized spacial score (nSPS) is 11.5. The van der Waals surface area contributed by atoms with Crippen LogP contribution >= 0.6 is 11.3 Å². The van der Waals surface area contributed by atoms with Gasteiger partial charge in [0, 0.05) is 11.1 Å². The molecule has 2 rings (SSSR count). The van der Waals surface area contributed by atoms with Crippen LogP contribution in [0.1, 0.15) is 16.7 Å². The maximum Gasteiger partial charge on any atom is 0.271 e. The average Bonchev–Trinajstić information content (AvgIpc) is 2.71. The lowest BCUT2D eigenvalue weighted by molar-refractivity contribution is 0.603. The third kappa shape index (κ3) is 2.90. The lowest BCUT2D eigenvalue weighted by Crippen LogP contribution is -2.13. The quantitative estimate of drug-likeness (QED) is 0.914. The Labute approximate surface area is 117 Å². The monoisotopic (exact) mass is 296 g/mol. The third-order valence-corrected chi connectivity index (χ3v) is 5.58. The SMILES string of the molecule is Cc1cc(C)c(NS(=O)(=O)c2cc(N)cs2)c(C)c1. The Morgan fingerprint density at radius 2 is 1.68 bits per heavy atom. The summed E-state index contributed by atoms with van der Waals surface area (Å²) < 4.78 is 27.4. The van der Waals surface area contributed by atoms with Gasteiger partial charge in [-0.3, -0.25) is 4.72 Å². The molecule has 0 atom stereocenters. The van der Waals surface area contributed by atoms with Gasteiger partial charge in [0.05, 0.1) is 5.69 Å². The van der Waals surface area contributed by atoms with Crippen molar-refractivity contribution < 1.29 is 8.42 Å². The number of hydrogen-bond donors (Lipinski definition) is 2. The van der Waals surface area contributed by atoms with Crippen LogP contribution in [0.4, 0.5) is 11.4 Å². The highest BCUT2D eigenvalue weighted by Crippen LogP contribution is 2.28. The summed E-state index contributed by atoms with van der Waals surface area (Å²) in [5, 5.41) is 1.61. The van der Waals surface area contributed by atoms with Crippen LogP contribution in [-0.4, -0.2) is 8.42 Å². The zero-order chi connectivity index (χ0) is 14.2. The van der Waals surface area contributed by atoms with Crippen molar-refractivity contribution in [1.29, 1.82) is 0 Å². The van der Waals surface area contributed by atoms with E-state index in [9.17, 15) is 8.42 Å². The van der Waals surface area contributed by atoms with Gasteiger partial charge in [-0.2, -0.15) is 0 Å². The summed E-state index contributed by atoms with van der Waals surface area (Å²) in [4.78, 5) is 0. The van der Waals surface area contributed by atoms with Gasteiger partial charge >= 0.3 is 0 Å². The molecule has 102 valence electrons. The summed E-state index contributed by atoms with van der Waals surface area (Å²) in [6.45, 7) is 5.76. The summed E-state index contributed by atoms with van der Waals surface area (Å²) in [5.74, 6) is 0. The number of benzene rings is 1. The fraction of sp³-hybridized carbons (Fsp3) is 0.231. The molecule has 0 unspecified atom stereocenters. The first kappa shape index (κ1) is 13.9. The van der Waals surface area contributed by atoms with Crippen LogP contribution in [0.5, 0.6) is 0 Å². The maximum atomic E-state index is 12.2. The molecule has 0 saturated carbocycles. The molecular weight excluding hydrogens is 280 g/mol. The van der Waals surface area contributed by atoms with Gasteiger partial charge in [-0.1, -0.05) is 17.7 Å². The van der Waals surface area contributed by atoms with Crippen molar-refractivity contribution in [3.63, 3.8) is 0 Å². The molecule has 0 fully saturated rings. The van der Waals surface area contributed by atoms with Gasteiger partial charge in [0.15, 0.2) is 0 Å². The predicted octanol–water partition coefficient (Wildman–Crippen LogP) is 3.06. The number of hydrogen-bond acceptors (Lipinski definition) is 4. The van der Waals surface area contributed by atoms with Gasteiger partial charge in [-0.15, -0.1) is 11.3 Å². The van der Waals surface area contributed by atoms with E-state index in [0.717, 1.165) is 28.0 Å². The van der Waals surface area contributed by atoms with E-state index < -0.39 is 10.0 Å². The second-order valence-electron chi connectivity index (χ2n) is 4.58. The number of nitrogen functional groups attached to an aromatic ring is 1. The van der Waals surface area contributed by atoms with Crippen molar-refractivity contribution in [2.24, 2.45) is 0 Å². The van der Waals surface area contributed by atoms with Crippen LogP contribution in [0.3, 0.4) is 0 Å². The van der Waals surface area contributed by atoms with E-state index >= 15 is 0 Å². The molecule has 0 radical (unpaired) electrons. The van der Waals surface area contributed by atoms with Gasteiger partial charge in [-0.05, 0) is 38.0 Å². The standard InChI is InChI=1S/C13H16N2O2S2/c1-8-4-9(2)13(10(3)5-8)15-19(16,17)12-6-11(14)7-18-12/h4-7,15H,14H2,1-3H3. The van der Waals surface area contributed by atoms with E-state index in [1.54, 1.807) is 5.38 Å². The van der Waals surface area contributed by atoms with Crippen LogP contribution in [0.15, 0.2) is 27.8 Å². The highest BCUT2D eigenvalue weighted by Gasteiger charge is 2.18. The molecule has 6 heteroatoms. The summed E-state index contributed by atoms with van der Waals surface area (Å²) in [6.07, 6.45) is 0. The lowest BCUT2D eigenvalue weighted by atomic mass is 10.1. The first-order chi connectivity index (χ1) is 8.79. The number of nitrogens with two attached hydrogens (primary N) is 1. The zero-order valence-electron chi connectivity index (χ0n) is 11.0. The number of sulfonamides is 1. The second kappa shape index (κ2) is 4.86. The Kier molecular flexibility index (Phi) is 3.56. The van der Waals surface area contributed by atoms with Crippen molar-refractivity contribution in [3.8, 4) is 0 Å². The van der Waals surface area contributed by atoms with E-state index in [4.69, 9.17) is 5.73 Å². The van der Waals surface area contributed by atoms with Crippen LogP contribution in [0, 0.1) is 20.8 Å². The molecule has 2 aromatic rings. The predicted molar refractivity (Wildman–Crippen MR) is 80.2 cm³/mol. The van der Waals surface area contributed by atoms with Crippen molar-refractivity contribution in [2.75, 3.05) is 10.5 Å². The Hall–Kier alpha value is -1.53. The molecule has 3 N–H and O–H groups in total. The molecule has 0 bridgehead atoms. The molecule has 0 aliphatic heterocycles. The summed E-state index contributed by atoms with van der Waals surface area (Å²) >= 11 is 1.12. The Bertz CT molecular complexity index is 695. The van der Waals surface area contributed by atoms with Crippen molar-refractivity contribution >= 4 is 32.7 Å². The number of thiophene rings is 1. The molecule has 0 saturated heterocycles. The van der Waals surface area contributed by atoms with E-state index in [-0.39, 0.29) is 4.21 Å². The fourth-order valence-electron chi connectivity index (χ4n) is 2.00.